The van der Waals surface area contributed by atoms with Crippen molar-refractivity contribution in [2.24, 2.45) is 0 Å². The summed E-state index contributed by atoms with van der Waals surface area (Å²) >= 11 is 0. The zero-order chi connectivity index (χ0) is 29.1. The molecule has 5 aromatic rings. The van der Waals surface area contributed by atoms with E-state index in [1.54, 1.807) is 18.2 Å². The highest BCUT2D eigenvalue weighted by Gasteiger charge is 2.23. The van der Waals surface area contributed by atoms with Crippen LogP contribution in [0.5, 0.6) is 0 Å². The number of esters is 1. The summed E-state index contributed by atoms with van der Waals surface area (Å²) in [6.45, 7) is 9.84. The van der Waals surface area contributed by atoms with E-state index in [2.05, 4.69) is 17.4 Å². The number of carbonyl (C=O) groups is 2. The summed E-state index contributed by atoms with van der Waals surface area (Å²) in [5, 5.41) is 2.90. The zero-order valence-electron chi connectivity index (χ0n) is 24.0. The molecule has 0 aliphatic rings. The van der Waals surface area contributed by atoms with E-state index in [4.69, 9.17) is 14.7 Å². The van der Waals surface area contributed by atoms with Crippen LogP contribution in [0.3, 0.4) is 0 Å². The highest BCUT2D eigenvalue weighted by molar-refractivity contribution is 5.99. The number of hydrogen-bond donors (Lipinski definition) is 1. The van der Waals surface area contributed by atoms with Crippen molar-refractivity contribution in [2.75, 3.05) is 5.32 Å². The first kappa shape index (κ1) is 27.7. The Bertz CT molecular complexity index is 1740. The number of carbonyl (C=O) groups excluding carboxylic acids is 2. The van der Waals surface area contributed by atoms with Crippen LogP contribution in [0.1, 0.15) is 46.0 Å². The fourth-order valence-electron chi connectivity index (χ4n) is 4.63. The number of aromatic nitrogens is 2. The molecule has 1 unspecified atom stereocenters. The summed E-state index contributed by atoms with van der Waals surface area (Å²) in [6.07, 6.45) is -0.593. The van der Waals surface area contributed by atoms with Gasteiger partial charge in [0, 0.05) is 16.8 Å². The van der Waals surface area contributed by atoms with Crippen molar-refractivity contribution in [3.8, 4) is 22.5 Å². The molecule has 0 fully saturated rings. The van der Waals surface area contributed by atoms with Gasteiger partial charge < -0.3 is 10.1 Å². The fraction of sp³-hybridized carbons (Fsp3) is 0.200. The molecule has 5 rings (SSSR count). The quantitative estimate of drug-likeness (QED) is 0.212. The predicted octanol–water partition coefficient (Wildman–Crippen LogP) is 7.77. The van der Waals surface area contributed by atoms with E-state index < -0.39 is 12.1 Å². The molecule has 0 radical (unpaired) electrons. The third-order valence-corrected chi connectivity index (χ3v) is 7.32. The van der Waals surface area contributed by atoms with Gasteiger partial charge in [-0.15, -0.1) is 0 Å². The standard InChI is InChI=1S/C35H33N3O3/c1-6-31(34(39)38-28-9-7-8-23(4)24(28)5)41-35(40)27-18-19-29-30(20-27)37-33(26-16-12-22(3)13-17-26)32(36-29)25-14-10-21(2)11-15-25/h7-20,31H,6H2,1-5H3,(H,38,39). The van der Waals surface area contributed by atoms with Crippen LogP contribution in [0.4, 0.5) is 5.69 Å². The fourth-order valence-corrected chi connectivity index (χ4v) is 4.63. The second-order valence-electron chi connectivity index (χ2n) is 10.4. The lowest BCUT2D eigenvalue weighted by atomic mass is 10.0. The first-order valence-corrected chi connectivity index (χ1v) is 13.8. The van der Waals surface area contributed by atoms with E-state index in [-0.39, 0.29) is 5.91 Å². The minimum Gasteiger partial charge on any atom is -0.449 e. The maximum Gasteiger partial charge on any atom is 0.338 e. The van der Waals surface area contributed by atoms with Gasteiger partial charge in [-0.3, -0.25) is 4.79 Å². The van der Waals surface area contributed by atoms with Crippen LogP contribution < -0.4 is 5.32 Å². The Hall–Kier alpha value is -4.84. The molecule has 6 heteroatoms. The van der Waals surface area contributed by atoms with Crippen LogP contribution >= 0.6 is 0 Å². The maximum atomic E-state index is 13.2. The van der Waals surface area contributed by atoms with E-state index in [0.717, 1.165) is 44.8 Å². The third kappa shape index (κ3) is 6.02. The molecule has 0 saturated heterocycles. The van der Waals surface area contributed by atoms with E-state index >= 15 is 0 Å². The van der Waals surface area contributed by atoms with Crippen LogP contribution in [0.15, 0.2) is 84.9 Å². The summed E-state index contributed by atoms with van der Waals surface area (Å²) in [6, 6.07) is 27.2. The number of rotatable bonds is 7. The van der Waals surface area contributed by atoms with Gasteiger partial charge in [-0.1, -0.05) is 78.7 Å². The minimum absolute atomic E-state index is 0.308. The van der Waals surface area contributed by atoms with Crippen molar-refractivity contribution < 1.29 is 14.3 Å². The number of nitrogens with zero attached hydrogens (tertiary/aromatic N) is 2. The lowest BCUT2D eigenvalue weighted by Gasteiger charge is -2.18. The van der Waals surface area contributed by atoms with Crippen molar-refractivity contribution >= 4 is 28.6 Å². The average Bonchev–Trinajstić information content (AvgIpc) is 2.98. The Labute approximate surface area is 240 Å². The highest BCUT2D eigenvalue weighted by atomic mass is 16.5. The van der Waals surface area contributed by atoms with Gasteiger partial charge in [-0.25, -0.2) is 14.8 Å². The van der Waals surface area contributed by atoms with Crippen molar-refractivity contribution in [2.45, 2.75) is 47.1 Å². The first-order chi connectivity index (χ1) is 19.7. The zero-order valence-corrected chi connectivity index (χ0v) is 24.0. The van der Waals surface area contributed by atoms with Crippen LogP contribution in [-0.4, -0.2) is 27.9 Å². The molecule has 0 aliphatic carbocycles. The van der Waals surface area contributed by atoms with Crippen LogP contribution in [0, 0.1) is 27.7 Å². The van der Waals surface area contributed by atoms with Crippen molar-refractivity contribution in [1.29, 1.82) is 0 Å². The topological polar surface area (TPSA) is 81.2 Å². The van der Waals surface area contributed by atoms with Gasteiger partial charge >= 0.3 is 5.97 Å². The second-order valence-corrected chi connectivity index (χ2v) is 10.4. The average molecular weight is 544 g/mol. The number of amides is 1. The van der Waals surface area contributed by atoms with Gasteiger partial charge in [-0.2, -0.15) is 0 Å². The van der Waals surface area contributed by atoms with Gasteiger partial charge in [0.15, 0.2) is 6.10 Å². The van der Waals surface area contributed by atoms with Crippen molar-refractivity contribution in [1.82, 2.24) is 9.97 Å². The van der Waals surface area contributed by atoms with E-state index in [9.17, 15) is 9.59 Å². The Morgan fingerprint density at radius 3 is 1.93 bits per heavy atom. The largest absolute Gasteiger partial charge is 0.449 e. The second kappa shape index (κ2) is 11.7. The van der Waals surface area contributed by atoms with E-state index in [1.807, 2.05) is 89.2 Å². The number of nitrogens with one attached hydrogen (secondary N) is 1. The molecule has 1 amide bonds. The van der Waals surface area contributed by atoms with Crippen molar-refractivity contribution in [3.05, 3.63) is 113 Å². The number of ether oxygens (including phenoxy) is 1. The summed E-state index contributed by atoms with van der Waals surface area (Å²) < 4.78 is 5.67. The normalized spacial score (nSPS) is 11.7. The smallest absolute Gasteiger partial charge is 0.338 e. The monoisotopic (exact) mass is 543 g/mol. The van der Waals surface area contributed by atoms with Crippen LogP contribution in [0.25, 0.3) is 33.5 Å². The van der Waals surface area contributed by atoms with Crippen molar-refractivity contribution in [3.63, 3.8) is 0 Å². The van der Waals surface area contributed by atoms with Crippen LogP contribution in [-0.2, 0) is 9.53 Å². The van der Waals surface area contributed by atoms with Gasteiger partial charge in [0.05, 0.1) is 28.0 Å². The maximum absolute atomic E-state index is 13.2. The number of fused-ring (bicyclic) bond motifs is 1. The SMILES string of the molecule is CCC(OC(=O)c1ccc2nc(-c3ccc(C)cc3)c(-c3ccc(C)cc3)nc2c1)C(=O)Nc1cccc(C)c1C. The Morgan fingerprint density at radius 1 is 0.756 bits per heavy atom. The molecule has 41 heavy (non-hydrogen) atoms. The Balaban J connectivity index is 1.46. The summed E-state index contributed by atoms with van der Waals surface area (Å²) in [7, 11) is 0. The molecule has 1 heterocycles. The lowest BCUT2D eigenvalue weighted by Crippen LogP contribution is -2.32. The third-order valence-electron chi connectivity index (χ3n) is 7.32. The summed E-state index contributed by atoms with van der Waals surface area (Å²) in [5.41, 5.74) is 9.99. The number of aryl methyl sites for hydroxylation is 3. The van der Waals surface area contributed by atoms with Crippen LogP contribution in [0.2, 0.25) is 0 Å². The van der Waals surface area contributed by atoms with Gasteiger partial charge in [0.2, 0.25) is 0 Å². The highest BCUT2D eigenvalue weighted by Crippen LogP contribution is 2.32. The summed E-state index contributed by atoms with van der Waals surface area (Å²) in [5.74, 6) is -0.948. The van der Waals surface area contributed by atoms with E-state index in [0.29, 0.717) is 28.7 Å². The predicted molar refractivity (Wildman–Crippen MR) is 164 cm³/mol. The molecule has 206 valence electrons. The molecular formula is C35H33N3O3. The number of anilines is 1. The molecule has 6 nitrogen and oxygen atoms in total. The molecule has 0 spiro atoms. The molecule has 4 aromatic carbocycles. The Morgan fingerprint density at radius 2 is 1.34 bits per heavy atom. The molecule has 0 bridgehead atoms. The number of benzene rings is 4. The van der Waals surface area contributed by atoms with Gasteiger partial charge in [0.1, 0.15) is 0 Å². The molecule has 1 N–H and O–H groups in total. The Kier molecular flexibility index (Phi) is 7.92. The molecular weight excluding hydrogens is 510 g/mol. The van der Waals surface area contributed by atoms with E-state index in [1.165, 1.54) is 0 Å². The lowest BCUT2D eigenvalue weighted by molar-refractivity contribution is -0.124. The minimum atomic E-state index is -0.934. The molecule has 0 aliphatic heterocycles. The number of hydrogen-bond acceptors (Lipinski definition) is 5. The molecule has 1 atom stereocenters. The van der Waals surface area contributed by atoms with Gasteiger partial charge in [0.25, 0.3) is 5.91 Å². The molecule has 0 saturated carbocycles. The molecule has 1 aromatic heterocycles. The van der Waals surface area contributed by atoms with Gasteiger partial charge in [-0.05, 0) is 69.5 Å². The summed E-state index contributed by atoms with van der Waals surface area (Å²) in [4.78, 5) is 36.1. The first-order valence-electron chi connectivity index (χ1n) is 13.8.